The van der Waals surface area contributed by atoms with E-state index in [0.29, 0.717) is 11.0 Å². The van der Waals surface area contributed by atoms with Gasteiger partial charge in [-0.15, -0.1) is 11.3 Å². The molecule has 0 bridgehead atoms. The Bertz CT molecular complexity index is 729. The highest BCUT2D eigenvalue weighted by atomic mass is 32.1. The Morgan fingerprint density at radius 1 is 1.41 bits per heavy atom. The van der Waals surface area contributed by atoms with E-state index in [1.165, 1.54) is 24.7 Å². The van der Waals surface area contributed by atoms with Crippen LogP contribution in [-0.4, -0.2) is 33.9 Å². The number of pyridine rings is 1. The number of nitrogens with zero attached hydrogens (tertiary/aromatic N) is 3. The lowest BCUT2D eigenvalue weighted by atomic mass is 9.91. The Morgan fingerprint density at radius 2 is 2.19 bits per heavy atom. The van der Waals surface area contributed by atoms with E-state index in [0.717, 1.165) is 48.6 Å². The summed E-state index contributed by atoms with van der Waals surface area (Å²) in [6.07, 6.45) is 5.03. The summed E-state index contributed by atoms with van der Waals surface area (Å²) in [7, 11) is 0. The molecule has 1 unspecified atom stereocenters. The van der Waals surface area contributed by atoms with Crippen molar-refractivity contribution in [2.75, 3.05) is 18.4 Å². The summed E-state index contributed by atoms with van der Waals surface area (Å²) >= 11 is 1.52. The monoisotopic (exact) mass is 392 g/mol. The minimum absolute atomic E-state index is 0.0983. The van der Waals surface area contributed by atoms with Gasteiger partial charge in [-0.25, -0.2) is 9.97 Å². The van der Waals surface area contributed by atoms with Crippen LogP contribution in [0.15, 0.2) is 18.3 Å². The molecule has 2 aromatic heterocycles. The third-order valence-corrected chi connectivity index (χ3v) is 5.22. The van der Waals surface area contributed by atoms with Gasteiger partial charge in [0.15, 0.2) is 5.13 Å². The van der Waals surface area contributed by atoms with Gasteiger partial charge in [-0.2, -0.15) is 4.39 Å². The molecule has 1 N–H and O–H groups in total. The summed E-state index contributed by atoms with van der Waals surface area (Å²) in [6.45, 7) is 10.2. The summed E-state index contributed by atoms with van der Waals surface area (Å²) in [5.41, 5.74) is 1.76. The molecule has 5 nitrogen and oxygen atoms in total. The average Bonchev–Trinajstić information content (AvgIpc) is 3.02. The predicted octanol–water partition coefficient (Wildman–Crippen LogP) is 4.42. The molecule has 1 aliphatic rings. The third-order valence-electron chi connectivity index (χ3n) is 4.33. The molecule has 1 fully saturated rings. The number of carbonyl (C=O) groups is 1. The van der Waals surface area contributed by atoms with Crippen LogP contribution in [0.5, 0.6) is 0 Å². The average molecular weight is 393 g/mol. The van der Waals surface area contributed by atoms with Crippen molar-refractivity contribution in [3.05, 3.63) is 40.4 Å². The normalized spacial score (nSPS) is 17.1. The molecule has 0 aromatic carbocycles. The smallest absolute Gasteiger partial charge is 0.223 e. The Hall–Kier alpha value is -1.86. The Kier molecular flexibility index (Phi) is 8.31. The number of amides is 1. The third kappa shape index (κ3) is 6.99. The minimum Gasteiger partial charge on any atom is -0.302 e. The summed E-state index contributed by atoms with van der Waals surface area (Å²) in [5, 5.41) is 3.37. The van der Waals surface area contributed by atoms with E-state index in [1.807, 2.05) is 33.0 Å². The maximum absolute atomic E-state index is 13.5. The number of carbonyl (C=O) groups excluding carboxylic acids is 1. The lowest BCUT2D eigenvalue weighted by Crippen LogP contribution is -2.35. The first-order chi connectivity index (χ1) is 13.0. The molecule has 0 saturated carbocycles. The zero-order chi connectivity index (χ0) is 19.8. The van der Waals surface area contributed by atoms with Gasteiger partial charge in [0.25, 0.3) is 0 Å². The van der Waals surface area contributed by atoms with Gasteiger partial charge in [0.1, 0.15) is 0 Å². The van der Waals surface area contributed by atoms with Crippen molar-refractivity contribution >= 4 is 22.4 Å². The van der Waals surface area contributed by atoms with E-state index in [9.17, 15) is 9.18 Å². The van der Waals surface area contributed by atoms with E-state index in [4.69, 9.17) is 0 Å². The van der Waals surface area contributed by atoms with Crippen LogP contribution in [0.1, 0.15) is 49.7 Å². The molecular weight excluding hydrogens is 363 g/mol. The molecule has 0 aliphatic carbocycles. The number of halogens is 1. The highest BCUT2D eigenvalue weighted by molar-refractivity contribution is 7.15. The van der Waals surface area contributed by atoms with Gasteiger partial charge in [0.2, 0.25) is 11.9 Å². The SMILES string of the molecule is CC.CC(=O)Nc1ncc(CN2CCCC(Cc3cc(C)nc(F)c3)C2)s1. The summed E-state index contributed by atoms with van der Waals surface area (Å²) < 4.78 is 13.5. The van der Waals surface area contributed by atoms with Crippen molar-refractivity contribution in [3.63, 3.8) is 0 Å². The number of piperidine rings is 1. The number of aryl methyl sites for hydroxylation is 1. The van der Waals surface area contributed by atoms with Gasteiger partial charge in [-0.3, -0.25) is 9.69 Å². The molecule has 0 spiro atoms. The Balaban J connectivity index is 0.00000126. The van der Waals surface area contributed by atoms with Crippen LogP contribution in [0.2, 0.25) is 0 Å². The van der Waals surface area contributed by atoms with E-state index >= 15 is 0 Å². The lowest BCUT2D eigenvalue weighted by Gasteiger charge is -2.32. The maximum Gasteiger partial charge on any atom is 0.223 e. The molecule has 27 heavy (non-hydrogen) atoms. The second-order valence-electron chi connectivity index (χ2n) is 6.70. The first-order valence-electron chi connectivity index (χ1n) is 9.55. The number of thiazole rings is 1. The molecule has 0 radical (unpaired) electrons. The molecular formula is C20H29FN4OS. The zero-order valence-electron chi connectivity index (χ0n) is 16.6. The number of aromatic nitrogens is 2. The number of likely N-dealkylation sites (tertiary alicyclic amines) is 1. The number of nitrogens with one attached hydrogen (secondary N) is 1. The first-order valence-corrected chi connectivity index (χ1v) is 10.4. The Morgan fingerprint density at radius 3 is 2.89 bits per heavy atom. The Labute approximate surface area is 165 Å². The van der Waals surface area contributed by atoms with Gasteiger partial charge < -0.3 is 5.32 Å². The fourth-order valence-corrected chi connectivity index (χ4v) is 4.32. The summed E-state index contributed by atoms with van der Waals surface area (Å²) in [6, 6.07) is 3.53. The van der Waals surface area contributed by atoms with Crippen LogP contribution in [0.3, 0.4) is 0 Å². The fourth-order valence-electron chi connectivity index (χ4n) is 3.42. The predicted molar refractivity (Wildman–Crippen MR) is 108 cm³/mol. The number of rotatable bonds is 5. The van der Waals surface area contributed by atoms with Crippen LogP contribution in [-0.2, 0) is 17.8 Å². The maximum atomic E-state index is 13.5. The minimum atomic E-state index is -0.391. The van der Waals surface area contributed by atoms with Crippen molar-refractivity contribution in [2.24, 2.45) is 5.92 Å². The van der Waals surface area contributed by atoms with Crippen LogP contribution in [0, 0.1) is 18.8 Å². The number of hydrogen-bond donors (Lipinski definition) is 1. The van der Waals surface area contributed by atoms with Crippen molar-refractivity contribution in [1.29, 1.82) is 0 Å². The zero-order valence-corrected chi connectivity index (χ0v) is 17.4. The van der Waals surface area contributed by atoms with E-state index in [-0.39, 0.29) is 5.91 Å². The molecule has 3 rings (SSSR count). The van der Waals surface area contributed by atoms with E-state index in [1.54, 1.807) is 6.07 Å². The molecule has 1 saturated heterocycles. The molecule has 1 amide bonds. The standard InChI is InChI=1S/C18H23FN4OS.C2H6/c1-12-6-15(8-17(19)21-12)7-14-4-3-5-23(10-14)11-16-9-20-18(25-16)22-13(2)24;1-2/h6,8-9,14H,3-5,7,10-11H2,1-2H3,(H,20,22,24);1-2H3. The molecule has 1 atom stereocenters. The topological polar surface area (TPSA) is 58.1 Å². The van der Waals surface area contributed by atoms with Gasteiger partial charge in [-0.1, -0.05) is 13.8 Å². The highest BCUT2D eigenvalue weighted by Gasteiger charge is 2.21. The van der Waals surface area contributed by atoms with Crippen LogP contribution < -0.4 is 5.32 Å². The van der Waals surface area contributed by atoms with Gasteiger partial charge in [0, 0.05) is 36.8 Å². The van der Waals surface area contributed by atoms with Gasteiger partial charge in [-0.05, 0) is 56.3 Å². The summed E-state index contributed by atoms with van der Waals surface area (Å²) in [4.78, 5) is 22.7. The van der Waals surface area contributed by atoms with Crippen LogP contribution in [0.25, 0.3) is 0 Å². The second kappa shape index (κ2) is 10.5. The van der Waals surface area contributed by atoms with Gasteiger partial charge in [0.05, 0.1) is 0 Å². The molecule has 148 valence electrons. The highest BCUT2D eigenvalue weighted by Crippen LogP contribution is 2.25. The van der Waals surface area contributed by atoms with Crippen molar-refractivity contribution in [3.8, 4) is 0 Å². The quantitative estimate of drug-likeness (QED) is 0.765. The molecule has 7 heteroatoms. The first kappa shape index (κ1) is 21.4. The van der Waals surface area contributed by atoms with E-state index in [2.05, 4.69) is 20.2 Å². The largest absolute Gasteiger partial charge is 0.302 e. The number of hydrogen-bond acceptors (Lipinski definition) is 5. The lowest BCUT2D eigenvalue weighted by molar-refractivity contribution is -0.114. The fraction of sp³-hybridized carbons (Fsp3) is 0.550. The second-order valence-corrected chi connectivity index (χ2v) is 7.82. The summed E-state index contributed by atoms with van der Waals surface area (Å²) in [5.74, 6) is 0.0364. The van der Waals surface area contributed by atoms with Crippen molar-refractivity contribution < 1.29 is 9.18 Å². The number of anilines is 1. The van der Waals surface area contributed by atoms with Crippen molar-refractivity contribution in [2.45, 2.75) is 53.5 Å². The molecule has 3 heterocycles. The van der Waals surface area contributed by atoms with Gasteiger partial charge >= 0.3 is 0 Å². The molecule has 2 aromatic rings. The van der Waals surface area contributed by atoms with Crippen molar-refractivity contribution in [1.82, 2.24) is 14.9 Å². The van der Waals surface area contributed by atoms with E-state index < -0.39 is 5.95 Å². The van der Waals surface area contributed by atoms with Crippen LogP contribution in [0.4, 0.5) is 9.52 Å². The van der Waals surface area contributed by atoms with Crippen LogP contribution >= 0.6 is 11.3 Å². The molecule has 1 aliphatic heterocycles.